The molecule has 0 bridgehead atoms. The molecule has 1 saturated heterocycles. The smallest absolute Gasteiger partial charge is 0.0895 e. The van der Waals surface area contributed by atoms with Crippen molar-refractivity contribution in [3.8, 4) is 0 Å². The SMILES string of the molecule is C=C(O)C1CN(C(C)(C)C)C(C)(C)C1. The van der Waals surface area contributed by atoms with Crippen molar-refractivity contribution < 1.29 is 5.11 Å². The molecule has 82 valence electrons. The number of aliphatic hydroxyl groups excluding tert-OH is 1. The fraction of sp³-hybridized carbons (Fsp3) is 0.833. The van der Waals surface area contributed by atoms with Crippen LogP contribution in [0, 0.1) is 5.92 Å². The van der Waals surface area contributed by atoms with E-state index in [0.717, 1.165) is 13.0 Å². The maximum Gasteiger partial charge on any atom is 0.0895 e. The molecule has 1 N–H and O–H groups in total. The number of hydrogen-bond acceptors (Lipinski definition) is 2. The number of rotatable bonds is 1. The molecule has 1 rings (SSSR count). The van der Waals surface area contributed by atoms with E-state index in [4.69, 9.17) is 0 Å². The first kappa shape index (κ1) is 11.6. The van der Waals surface area contributed by atoms with E-state index in [9.17, 15) is 5.11 Å². The third kappa shape index (κ3) is 2.11. The van der Waals surface area contributed by atoms with Crippen LogP contribution >= 0.6 is 0 Å². The molecular weight excluding hydrogens is 174 g/mol. The summed E-state index contributed by atoms with van der Waals surface area (Å²) in [5.41, 5.74) is 0.322. The third-order valence-corrected chi connectivity index (χ3v) is 3.16. The Morgan fingerprint density at radius 1 is 1.43 bits per heavy atom. The Balaban J connectivity index is 2.85. The van der Waals surface area contributed by atoms with Gasteiger partial charge >= 0.3 is 0 Å². The minimum Gasteiger partial charge on any atom is -0.513 e. The lowest BCUT2D eigenvalue weighted by Gasteiger charge is -2.42. The summed E-state index contributed by atoms with van der Waals surface area (Å²) in [5, 5.41) is 9.45. The van der Waals surface area contributed by atoms with E-state index in [-0.39, 0.29) is 17.0 Å². The van der Waals surface area contributed by atoms with E-state index in [1.165, 1.54) is 0 Å². The van der Waals surface area contributed by atoms with Gasteiger partial charge in [0.05, 0.1) is 5.76 Å². The van der Waals surface area contributed by atoms with Crippen LogP contribution in [0.15, 0.2) is 12.3 Å². The van der Waals surface area contributed by atoms with Crippen molar-refractivity contribution in [2.75, 3.05) is 6.54 Å². The molecule has 0 spiro atoms. The molecule has 1 fully saturated rings. The molecule has 0 aromatic heterocycles. The largest absolute Gasteiger partial charge is 0.513 e. The van der Waals surface area contributed by atoms with Gasteiger partial charge in [0.2, 0.25) is 0 Å². The standard InChI is InChI=1S/C12H23NO/c1-9(14)10-7-12(5,6)13(8-10)11(2,3)4/h10,14H,1,7-8H2,2-6H3. The van der Waals surface area contributed by atoms with Gasteiger partial charge in [0.25, 0.3) is 0 Å². The summed E-state index contributed by atoms with van der Waals surface area (Å²) in [6, 6.07) is 0. The van der Waals surface area contributed by atoms with Crippen molar-refractivity contribution >= 4 is 0 Å². The zero-order valence-electron chi connectivity index (χ0n) is 10.1. The minimum absolute atomic E-state index is 0.160. The highest BCUT2D eigenvalue weighted by Crippen LogP contribution is 2.39. The predicted octanol–water partition coefficient (Wildman–Crippen LogP) is 2.96. The fourth-order valence-corrected chi connectivity index (χ4v) is 2.65. The van der Waals surface area contributed by atoms with Crippen molar-refractivity contribution in [2.24, 2.45) is 5.92 Å². The second-order valence-electron chi connectivity index (χ2n) is 5.99. The molecule has 2 heteroatoms. The molecule has 0 saturated carbocycles. The highest BCUT2D eigenvalue weighted by atomic mass is 16.3. The summed E-state index contributed by atoms with van der Waals surface area (Å²) in [5.74, 6) is 0.578. The Kier molecular flexibility index (Phi) is 2.70. The number of aliphatic hydroxyl groups is 1. The first-order valence-corrected chi connectivity index (χ1v) is 5.30. The molecule has 0 aliphatic carbocycles. The van der Waals surface area contributed by atoms with E-state index in [0.29, 0.717) is 5.76 Å². The highest BCUT2D eigenvalue weighted by Gasteiger charge is 2.44. The van der Waals surface area contributed by atoms with E-state index in [2.05, 4.69) is 46.1 Å². The van der Waals surface area contributed by atoms with Gasteiger partial charge in [-0.1, -0.05) is 6.58 Å². The van der Waals surface area contributed by atoms with Crippen LogP contribution < -0.4 is 0 Å². The molecule has 0 aromatic carbocycles. The van der Waals surface area contributed by atoms with E-state index < -0.39 is 0 Å². The van der Waals surface area contributed by atoms with Gasteiger partial charge in [0, 0.05) is 23.5 Å². The minimum atomic E-state index is 0.160. The van der Waals surface area contributed by atoms with Crippen molar-refractivity contribution in [1.29, 1.82) is 0 Å². The Hall–Kier alpha value is -0.500. The summed E-state index contributed by atoms with van der Waals surface area (Å²) < 4.78 is 0. The molecule has 1 unspecified atom stereocenters. The van der Waals surface area contributed by atoms with Gasteiger partial charge in [0.15, 0.2) is 0 Å². The van der Waals surface area contributed by atoms with Crippen molar-refractivity contribution in [3.05, 3.63) is 12.3 Å². The zero-order chi connectivity index (χ0) is 11.1. The van der Waals surface area contributed by atoms with Crippen LogP contribution in [0.1, 0.15) is 41.0 Å². The summed E-state index contributed by atoms with van der Waals surface area (Å²) in [7, 11) is 0. The van der Waals surface area contributed by atoms with Gasteiger partial charge < -0.3 is 5.11 Å². The van der Waals surface area contributed by atoms with Gasteiger partial charge in [-0.15, -0.1) is 0 Å². The third-order valence-electron chi connectivity index (χ3n) is 3.16. The van der Waals surface area contributed by atoms with Crippen LogP contribution in [0.5, 0.6) is 0 Å². The Bertz CT molecular complexity index is 237. The maximum atomic E-state index is 9.45. The quantitative estimate of drug-likeness (QED) is 0.653. The summed E-state index contributed by atoms with van der Waals surface area (Å²) in [6.07, 6.45) is 1.000. The first-order chi connectivity index (χ1) is 6.14. The van der Waals surface area contributed by atoms with Gasteiger partial charge in [-0.25, -0.2) is 0 Å². The van der Waals surface area contributed by atoms with Crippen LogP contribution in [0.4, 0.5) is 0 Å². The molecule has 0 aromatic rings. The molecule has 14 heavy (non-hydrogen) atoms. The predicted molar refractivity (Wildman–Crippen MR) is 60.4 cm³/mol. The average molecular weight is 197 g/mol. The lowest BCUT2D eigenvalue weighted by atomic mass is 9.93. The normalized spacial score (nSPS) is 27.9. The van der Waals surface area contributed by atoms with Crippen molar-refractivity contribution in [3.63, 3.8) is 0 Å². The zero-order valence-corrected chi connectivity index (χ0v) is 10.1. The molecular formula is C12H23NO. The maximum absolute atomic E-state index is 9.45. The highest BCUT2D eigenvalue weighted by molar-refractivity contribution is 5.05. The van der Waals surface area contributed by atoms with Crippen LogP contribution in [-0.4, -0.2) is 27.6 Å². The average Bonchev–Trinajstić information content (AvgIpc) is 2.24. The van der Waals surface area contributed by atoms with Crippen LogP contribution in [-0.2, 0) is 0 Å². The molecule has 1 heterocycles. The lowest BCUT2D eigenvalue weighted by Crippen LogP contribution is -2.50. The Morgan fingerprint density at radius 3 is 2.14 bits per heavy atom. The van der Waals surface area contributed by atoms with E-state index in [1.807, 2.05) is 0 Å². The molecule has 2 nitrogen and oxygen atoms in total. The van der Waals surface area contributed by atoms with Crippen LogP contribution in [0.2, 0.25) is 0 Å². The molecule has 0 radical (unpaired) electrons. The lowest BCUT2D eigenvalue weighted by molar-refractivity contribution is 0.0670. The van der Waals surface area contributed by atoms with Gasteiger partial charge in [-0.2, -0.15) is 0 Å². The Labute approximate surface area is 87.6 Å². The summed E-state index contributed by atoms with van der Waals surface area (Å²) in [6.45, 7) is 15.7. The molecule has 1 aliphatic rings. The topological polar surface area (TPSA) is 23.5 Å². The molecule has 0 amide bonds. The Morgan fingerprint density at radius 2 is 1.93 bits per heavy atom. The van der Waals surface area contributed by atoms with Crippen LogP contribution in [0.3, 0.4) is 0 Å². The monoisotopic (exact) mass is 197 g/mol. The van der Waals surface area contributed by atoms with E-state index >= 15 is 0 Å². The second-order valence-corrected chi connectivity index (χ2v) is 5.99. The molecule has 1 atom stereocenters. The number of hydrogen-bond donors (Lipinski definition) is 1. The van der Waals surface area contributed by atoms with Gasteiger partial charge in [-0.3, -0.25) is 4.90 Å². The summed E-state index contributed by atoms with van der Waals surface area (Å²) in [4.78, 5) is 2.45. The number of nitrogens with zero attached hydrogens (tertiary/aromatic N) is 1. The van der Waals surface area contributed by atoms with Crippen molar-refractivity contribution in [2.45, 2.75) is 52.1 Å². The first-order valence-electron chi connectivity index (χ1n) is 5.30. The second kappa shape index (κ2) is 3.27. The molecule has 1 aliphatic heterocycles. The summed E-state index contributed by atoms with van der Waals surface area (Å²) >= 11 is 0. The van der Waals surface area contributed by atoms with Crippen molar-refractivity contribution in [1.82, 2.24) is 4.90 Å². The fourth-order valence-electron chi connectivity index (χ4n) is 2.65. The van der Waals surface area contributed by atoms with Gasteiger partial charge in [0.1, 0.15) is 0 Å². The van der Waals surface area contributed by atoms with Crippen LogP contribution in [0.25, 0.3) is 0 Å². The van der Waals surface area contributed by atoms with Gasteiger partial charge in [-0.05, 0) is 41.0 Å². The number of likely N-dealkylation sites (tertiary alicyclic amines) is 1. The van der Waals surface area contributed by atoms with E-state index in [1.54, 1.807) is 0 Å².